The molecule has 140 valence electrons. The number of piperidine rings is 1. The number of nitrogens with zero attached hydrogens (tertiary/aromatic N) is 1. The summed E-state index contributed by atoms with van der Waals surface area (Å²) in [5.41, 5.74) is 4.40. The van der Waals surface area contributed by atoms with E-state index >= 15 is 0 Å². The molecule has 2 heterocycles. The lowest BCUT2D eigenvalue weighted by atomic mass is 9.81. The van der Waals surface area contributed by atoms with Crippen molar-refractivity contribution >= 4 is 5.91 Å². The van der Waals surface area contributed by atoms with Crippen LogP contribution in [-0.4, -0.2) is 30.1 Å². The Hall–Kier alpha value is -2.07. The summed E-state index contributed by atoms with van der Waals surface area (Å²) < 4.78 is 2.26. The number of carbonyl (C=O) groups excluding carboxylic acids is 1. The molecule has 1 unspecified atom stereocenters. The number of benzene rings is 1. The molecule has 1 aliphatic heterocycles. The Labute approximate surface area is 157 Å². The molecule has 1 atom stereocenters. The van der Waals surface area contributed by atoms with E-state index < -0.39 is 0 Å². The Bertz CT molecular complexity index is 757. The van der Waals surface area contributed by atoms with Crippen molar-refractivity contribution < 1.29 is 4.79 Å². The third-order valence-corrected chi connectivity index (χ3v) is 5.88. The highest BCUT2D eigenvalue weighted by Gasteiger charge is 2.28. The highest BCUT2D eigenvalue weighted by Crippen LogP contribution is 2.28. The van der Waals surface area contributed by atoms with Crippen LogP contribution in [0, 0.1) is 19.3 Å². The van der Waals surface area contributed by atoms with E-state index in [1.807, 2.05) is 19.1 Å². The molecule has 1 aromatic carbocycles. The molecule has 1 saturated heterocycles. The molecule has 1 fully saturated rings. The number of hydrogen-bond donors (Lipinski definition) is 2. The Morgan fingerprint density at radius 2 is 1.88 bits per heavy atom. The fraction of sp³-hybridized carbons (Fsp3) is 0.500. The first kappa shape index (κ1) is 18.7. The molecule has 0 saturated carbocycles. The van der Waals surface area contributed by atoms with Gasteiger partial charge in [-0.25, -0.2) is 0 Å². The second-order valence-corrected chi connectivity index (χ2v) is 7.98. The molecule has 0 spiro atoms. The number of nitrogens with one attached hydrogen (secondary N) is 2. The highest BCUT2D eigenvalue weighted by molar-refractivity contribution is 5.95. The van der Waals surface area contributed by atoms with Gasteiger partial charge in [0.1, 0.15) is 0 Å². The van der Waals surface area contributed by atoms with Gasteiger partial charge in [-0.2, -0.15) is 0 Å². The van der Waals surface area contributed by atoms with Gasteiger partial charge in [0.25, 0.3) is 5.91 Å². The predicted octanol–water partition coefficient (Wildman–Crippen LogP) is 3.83. The topological polar surface area (TPSA) is 46.1 Å². The third-order valence-electron chi connectivity index (χ3n) is 5.88. The van der Waals surface area contributed by atoms with Gasteiger partial charge in [-0.1, -0.05) is 37.3 Å². The number of rotatable bonds is 5. The quantitative estimate of drug-likeness (QED) is 0.858. The predicted molar refractivity (Wildman–Crippen MR) is 107 cm³/mol. The molecule has 1 aromatic heterocycles. The summed E-state index contributed by atoms with van der Waals surface area (Å²) in [5, 5.41) is 6.58. The van der Waals surface area contributed by atoms with Crippen LogP contribution in [0.3, 0.4) is 0 Å². The summed E-state index contributed by atoms with van der Waals surface area (Å²) in [7, 11) is 0. The van der Waals surface area contributed by atoms with Crippen molar-refractivity contribution in [2.24, 2.45) is 5.41 Å². The Morgan fingerprint density at radius 1 is 1.23 bits per heavy atom. The highest BCUT2D eigenvalue weighted by atomic mass is 16.1. The summed E-state index contributed by atoms with van der Waals surface area (Å²) in [6.45, 7) is 11.4. The van der Waals surface area contributed by atoms with Crippen LogP contribution in [-0.2, 0) is 0 Å². The minimum absolute atomic E-state index is 0.0457. The molecule has 0 radical (unpaired) electrons. The minimum atomic E-state index is 0.0457. The van der Waals surface area contributed by atoms with E-state index in [9.17, 15) is 4.79 Å². The van der Waals surface area contributed by atoms with E-state index in [0.717, 1.165) is 49.4 Å². The van der Waals surface area contributed by atoms with Gasteiger partial charge in [-0.3, -0.25) is 4.79 Å². The van der Waals surface area contributed by atoms with Crippen LogP contribution >= 0.6 is 0 Å². The zero-order valence-electron chi connectivity index (χ0n) is 16.4. The fourth-order valence-electron chi connectivity index (χ4n) is 4.08. The van der Waals surface area contributed by atoms with E-state index in [1.165, 1.54) is 5.56 Å². The molecule has 2 N–H and O–H groups in total. The molecule has 1 amide bonds. The molecule has 1 aliphatic rings. The number of amides is 1. The van der Waals surface area contributed by atoms with Crippen molar-refractivity contribution in [3.05, 3.63) is 58.9 Å². The van der Waals surface area contributed by atoms with E-state index in [2.05, 4.69) is 60.2 Å². The standard InChI is InChI=1S/C22H31N3O/c1-16-14-20(21(26)24-15-22(4)10-12-23-13-11-22)18(3)25(16)17(2)19-8-6-5-7-9-19/h5-9,14,17,23H,10-13,15H2,1-4H3,(H,24,26). The van der Waals surface area contributed by atoms with E-state index in [-0.39, 0.29) is 17.4 Å². The molecular formula is C22H31N3O. The lowest BCUT2D eigenvalue weighted by Gasteiger charge is -2.34. The van der Waals surface area contributed by atoms with E-state index in [0.29, 0.717) is 0 Å². The third kappa shape index (κ3) is 3.85. The zero-order chi connectivity index (χ0) is 18.7. The molecule has 0 bridgehead atoms. The van der Waals surface area contributed by atoms with Crippen LogP contribution < -0.4 is 10.6 Å². The van der Waals surface area contributed by atoms with Gasteiger partial charge >= 0.3 is 0 Å². The molecule has 4 nitrogen and oxygen atoms in total. The van der Waals surface area contributed by atoms with Crippen LogP contribution in [0.25, 0.3) is 0 Å². The first-order chi connectivity index (χ1) is 12.4. The van der Waals surface area contributed by atoms with Crippen molar-refractivity contribution in [2.75, 3.05) is 19.6 Å². The lowest BCUT2D eigenvalue weighted by molar-refractivity contribution is 0.0921. The van der Waals surface area contributed by atoms with Crippen molar-refractivity contribution in [2.45, 2.75) is 46.6 Å². The monoisotopic (exact) mass is 353 g/mol. The van der Waals surface area contributed by atoms with Gasteiger partial charge in [-0.05, 0) is 63.7 Å². The van der Waals surface area contributed by atoms with Gasteiger partial charge in [-0.15, -0.1) is 0 Å². The number of carbonyl (C=O) groups is 1. The van der Waals surface area contributed by atoms with Gasteiger partial charge in [0, 0.05) is 17.9 Å². The maximum atomic E-state index is 12.8. The van der Waals surface area contributed by atoms with Crippen molar-refractivity contribution in [1.29, 1.82) is 0 Å². The molecule has 4 heteroatoms. The largest absolute Gasteiger partial charge is 0.351 e. The minimum Gasteiger partial charge on any atom is -0.351 e. The molecule has 2 aromatic rings. The average Bonchev–Trinajstić information content (AvgIpc) is 2.95. The van der Waals surface area contributed by atoms with Gasteiger partial charge < -0.3 is 15.2 Å². The SMILES string of the molecule is Cc1cc(C(=O)NCC2(C)CCNCC2)c(C)n1C(C)c1ccccc1. The smallest absolute Gasteiger partial charge is 0.253 e. The van der Waals surface area contributed by atoms with Crippen molar-refractivity contribution in [3.63, 3.8) is 0 Å². The number of aryl methyl sites for hydroxylation is 1. The van der Waals surface area contributed by atoms with Crippen LogP contribution in [0.15, 0.2) is 36.4 Å². The first-order valence-corrected chi connectivity index (χ1v) is 9.63. The molecule has 0 aliphatic carbocycles. The average molecular weight is 354 g/mol. The van der Waals surface area contributed by atoms with Crippen LogP contribution in [0.2, 0.25) is 0 Å². The molecule has 26 heavy (non-hydrogen) atoms. The van der Waals surface area contributed by atoms with E-state index in [4.69, 9.17) is 0 Å². The second kappa shape index (κ2) is 7.67. The van der Waals surface area contributed by atoms with Crippen LogP contribution in [0.1, 0.15) is 60.0 Å². The zero-order valence-corrected chi connectivity index (χ0v) is 16.4. The lowest BCUT2D eigenvalue weighted by Crippen LogP contribution is -2.43. The second-order valence-electron chi connectivity index (χ2n) is 7.98. The van der Waals surface area contributed by atoms with Crippen LogP contribution in [0.5, 0.6) is 0 Å². The van der Waals surface area contributed by atoms with Gasteiger partial charge in [0.05, 0.1) is 11.6 Å². The summed E-state index contributed by atoms with van der Waals surface area (Å²) in [5.74, 6) is 0.0457. The van der Waals surface area contributed by atoms with Crippen LogP contribution in [0.4, 0.5) is 0 Å². The Kier molecular flexibility index (Phi) is 5.52. The summed E-state index contributed by atoms with van der Waals surface area (Å²) in [4.78, 5) is 12.8. The maximum Gasteiger partial charge on any atom is 0.253 e. The van der Waals surface area contributed by atoms with Crippen molar-refractivity contribution in [3.8, 4) is 0 Å². The molecule has 3 rings (SSSR count). The van der Waals surface area contributed by atoms with E-state index in [1.54, 1.807) is 0 Å². The molecular weight excluding hydrogens is 322 g/mol. The number of hydrogen-bond acceptors (Lipinski definition) is 2. The summed E-state index contributed by atoms with van der Waals surface area (Å²) in [6, 6.07) is 12.7. The first-order valence-electron chi connectivity index (χ1n) is 9.63. The summed E-state index contributed by atoms with van der Waals surface area (Å²) >= 11 is 0. The number of aromatic nitrogens is 1. The normalized spacial score (nSPS) is 17.7. The Morgan fingerprint density at radius 3 is 2.54 bits per heavy atom. The summed E-state index contributed by atoms with van der Waals surface area (Å²) in [6.07, 6.45) is 2.22. The van der Waals surface area contributed by atoms with Gasteiger partial charge in [0.15, 0.2) is 0 Å². The Balaban J connectivity index is 1.75. The van der Waals surface area contributed by atoms with Gasteiger partial charge in [0.2, 0.25) is 0 Å². The fourth-order valence-corrected chi connectivity index (χ4v) is 4.08. The maximum absolute atomic E-state index is 12.8. The van der Waals surface area contributed by atoms with Crippen molar-refractivity contribution in [1.82, 2.24) is 15.2 Å².